The van der Waals surface area contributed by atoms with Gasteiger partial charge in [-0.05, 0) is 77.9 Å². The first-order valence-corrected chi connectivity index (χ1v) is 21.9. The molecular weight excluding hydrogens is 814 g/mol. The highest BCUT2D eigenvalue weighted by atomic mass is 35.5. The standard InChI is InChI=1S/C42H49Cl4N4O5S/c1-11-49-29-18-31-27(16-25(29)23(4)20-41(49,5)6)33(34-35(40(51)54-13-3)37(44)39(46)38(45)36(34)43)28-17-26-24(22-56(52,53)48(10)15-14-47-9)21-42(7,8)50(12-2)30(26)19-32(28)55-31/h16-21,47H,11-15,22H2,1-10H3/q+1. The van der Waals surface area contributed by atoms with E-state index in [0.717, 1.165) is 28.7 Å². The van der Waals surface area contributed by atoms with E-state index in [1.165, 1.54) is 4.31 Å². The molecule has 3 heterocycles. The first-order chi connectivity index (χ1) is 26.2. The van der Waals surface area contributed by atoms with Crippen LogP contribution < -0.4 is 30.1 Å². The molecule has 0 bridgehead atoms. The minimum Gasteiger partial charge on any atom is -0.462 e. The molecule has 1 N–H and O–H groups in total. The van der Waals surface area contributed by atoms with Crippen LogP contribution in [0.3, 0.4) is 0 Å². The number of hydrogen-bond donors (Lipinski definition) is 1. The number of nitrogens with one attached hydrogen (secondary N) is 1. The number of anilines is 1. The smallest absolute Gasteiger partial charge is 0.340 e. The molecule has 0 atom stereocenters. The third kappa shape index (κ3) is 7.18. The zero-order valence-electron chi connectivity index (χ0n) is 33.5. The van der Waals surface area contributed by atoms with Crippen LogP contribution in [-0.2, 0) is 14.8 Å². The molecular formula is C42H49Cl4N4O5S+. The molecule has 3 aliphatic heterocycles. The van der Waals surface area contributed by atoms with Gasteiger partial charge < -0.3 is 19.7 Å². The van der Waals surface area contributed by atoms with Crippen LogP contribution in [0, 0.1) is 0 Å². The summed E-state index contributed by atoms with van der Waals surface area (Å²) in [5.74, 6) is 0.0523. The number of likely N-dealkylation sites (N-methyl/N-ethyl adjacent to an activating group) is 4. The number of carbonyl (C=O) groups is 1. The molecule has 0 spiro atoms. The number of nitrogens with zero attached hydrogens (tertiary/aromatic N) is 3. The minimum atomic E-state index is -3.74. The molecule has 0 radical (unpaired) electrons. The maximum absolute atomic E-state index is 13.9. The fourth-order valence-corrected chi connectivity index (χ4v) is 10.6. The monoisotopic (exact) mass is 861 g/mol. The first-order valence-electron chi connectivity index (χ1n) is 18.7. The van der Waals surface area contributed by atoms with Crippen molar-refractivity contribution in [3.8, 4) is 11.5 Å². The second-order valence-electron chi connectivity index (χ2n) is 15.4. The quantitative estimate of drug-likeness (QED) is 0.0708. The van der Waals surface area contributed by atoms with Crippen molar-refractivity contribution in [2.75, 3.05) is 57.5 Å². The number of allylic oxidation sites excluding steroid dienone is 1. The molecule has 300 valence electrons. The maximum atomic E-state index is 13.9. The Hall–Kier alpha value is -3.09. The number of benzene rings is 3. The van der Waals surface area contributed by atoms with E-state index in [9.17, 15) is 13.2 Å². The molecule has 56 heavy (non-hydrogen) atoms. The SMILES string of the molecule is CCOC(=O)c1c(Cl)c(Cl)c(Cl)c(Cl)c1C1=c2cc3c(cc2Oc2cc4c(cc21)C(C)=CC(C)(C)N4CC)=[N+](CC)C(C)(C)C=C3CS(=O)(=O)N(C)CCNC. The molecule has 0 aliphatic carbocycles. The number of sulfonamides is 1. The molecule has 0 amide bonds. The Labute approximate surface area is 350 Å². The van der Waals surface area contributed by atoms with Crippen molar-refractivity contribution in [1.29, 1.82) is 0 Å². The minimum absolute atomic E-state index is 0.0118. The summed E-state index contributed by atoms with van der Waals surface area (Å²) in [4.78, 5) is 16.2. The lowest BCUT2D eigenvalue weighted by molar-refractivity contribution is 0.0526. The number of ether oxygens (including phenoxy) is 2. The fraction of sp³-hybridized carbons (Fsp3) is 0.429. The summed E-state index contributed by atoms with van der Waals surface area (Å²) in [7, 11) is -0.362. The van der Waals surface area contributed by atoms with Crippen molar-refractivity contribution < 1.29 is 22.7 Å². The number of carbonyl (C=O) groups excluding carboxylic acids is 1. The van der Waals surface area contributed by atoms with E-state index in [1.54, 1.807) is 21.0 Å². The average molecular weight is 864 g/mol. The summed E-state index contributed by atoms with van der Waals surface area (Å²) in [5, 5.41) is 4.21. The zero-order chi connectivity index (χ0) is 41.2. The number of fused-ring (bicyclic) bond motifs is 4. The summed E-state index contributed by atoms with van der Waals surface area (Å²) in [6.07, 6.45) is 4.25. The molecule has 3 aromatic carbocycles. The number of esters is 1. The van der Waals surface area contributed by atoms with Gasteiger partial charge in [0.2, 0.25) is 15.4 Å². The zero-order valence-corrected chi connectivity index (χ0v) is 37.3. The molecule has 0 aromatic heterocycles. The van der Waals surface area contributed by atoms with Crippen LogP contribution >= 0.6 is 46.4 Å². The highest BCUT2D eigenvalue weighted by Crippen LogP contribution is 2.50. The van der Waals surface area contributed by atoms with Crippen molar-refractivity contribution in [3.63, 3.8) is 0 Å². The van der Waals surface area contributed by atoms with E-state index in [-0.39, 0.29) is 49.1 Å². The van der Waals surface area contributed by atoms with Gasteiger partial charge in [-0.2, -0.15) is 0 Å². The van der Waals surface area contributed by atoms with Gasteiger partial charge in [-0.25, -0.2) is 22.1 Å². The van der Waals surface area contributed by atoms with Crippen LogP contribution in [0.4, 0.5) is 5.69 Å². The second-order valence-corrected chi connectivity index (χ2v) is 19.0. The normalized spacial score (nSPS) is 16.7. The van der Waals surface area contributed by atoms with E-state index >= 15 is 0 Å². The summed E-state index contributed by atoms with van der Waals surface area (Å²) in [6.45, 7) is 18.7. The topological polar surface area (TPSA) is 91.2 Å². The lowest BCUT2D eigenvalue weighted by Crippen LogP contribution is -2.50. The van der Waals surface area contributed by atoms with Crippen molar-refractivity contribution in [3.05, 3.63) is 94.9 Å². The Bertz CT molecular complexity index is 2480. The number of hydrogen-bond acceptors (Lipinski definition) is 7. The molecule has 14 heteroatoms. The summed E-state index contributed by atoms with van der Waals surface area (Å²) in [5.41, 5.74) is 4.90. The van der Waals surface area contributed by atoms with Crippen LogP contribution in [0.15, 0.2) is 36.4 Å². The largest absolute Gasteiger partial charge is 0.462 e. The second kappa shape index (κ2) is 15.6. The summed E-state index contributed by atoms with van der Waals surface area (Å²) >= 11 is 27.5. The van der Waals surface area contributed by atoms with Gasteiger partial charge in [-0.3, -0.25) is 0 Å². The third-order valence-corrected chi connectivity index (χ3v) is 14.5. The Morgan fingerprint density at radius 2 is 1.61 bits per heavy atom. The average Bonchev–Trinajstić information content (AvgIpc) is 3.12. The van der Waals surface area contributed by atoms with Gasteiger partial charge in [-0.15, -0.1) is 0 Å². The lowest BCUT2D eigenvalue weighted by atomic mass is 9.83. The van der Waals surface area contributed by atoms with Gasteiger partial charge >= 0.3 is 5.97 Å². The van der Waals surface area contributed by atoms with Crippen molar-refractivity contribution in [2.24, 2.45) is 0 Å². The van der Waals surface area contributed by atoms with E-state index in [4.69, 9.17) is 55.9 Å². The number of rotatable bonds is 11. The molecule has 9 nitrogen and oxygen atoms in total. The first kappa shape index (κ1) is 42.5. The molecule has 0 fully saturated rings. The van der Waals surface area contributed by atoms with E-state index in [1.807, 2.05) is 30.3 Å². The highest BCUT2D eigenvalue weighted by Gasteiger charge is 2.39. The van der Waals surface area contributed by atoms with Gasteiger partial charge in [0.05, 0.1) is 55.2 Å². The van der Waals surface area contributed by atoms with Crippen molar-refractivity contribution in [2.45, 2.75) is 66.5 Å². The van der Waals surface area contributed by atoms with Gasteiger partial charge in [0.15, 0.2) is 5.54 Å². The molecule has 0 saturated carbocycles. The Morgan fingerprint density at radius 1 is 0.929 bits per heavy atom. The maximum Gasteiger partial charge on any atom is 0.340 e. The van der Waals surface area contributed by atoms with Crippen LogP contribution in [0.5, 0.6) is 11.5 Å². The van der Waals surface area contributed by atoms with Gasteiger partial charge in [0.1, 0.15) is 18.0 Å². The Balaban J connectivity index is 1.80. The van der Waals surface area contributed by atoms with Gasteiger partial charge in [-0.1, -0.05) is 52.5 Å². The predicted molar refractivity (Wildman–Crippen MR) is 231 cm³/mol. The van der Waals surface area contributed by atoms with Crippen LogP contribution in [0.2, 0.25) is 20.1 Å². The fourth-order valence-electron chi connectivity index (χ4n) is 8.39. The van der Waals surface area contributed by atoms with Crippen LogP contribution in [0.1, 0.15) is 88.0 Å². The highest BCUT2D eigenvalue weighted by molar-refractivity contribution is 7.89. The molecule has 3 aliphatic rings. The molecule has 0 unspecified atom stereocenters. The van der Waals surface area contributed by atoms with E-state index < -0.39 is 21.5 Å². The Kier molecular flexibility index (Phi) is 11.8. The summed E-state index contributed by atoms with van der Waals surface area (Å²) in [6, 6.07) is 7.97. The molecule has 3 aromatic rings. The van der Waals surface area contributed by atoms with Gasteiger partial charge in [0.25, 0.3) is 0 Å². The van der Waals surface area contributed by atoms with E-state index in [2.05, 4.69) is 69.3 Å². The van der Waals surface area contributed by atoms with Crippen LogP contribution in [0.25, 0.3) is 16.7 Å². The van der Waals surface area contributed by atoms with Gasteiger partial charge in [0, 0.05) is 79.8 Å². The Morgan fingerprint density at radius 3 is 2.23 bits per heavy atom. The molecule has 6 rings (SSSR count). The van der Waals surface area contributed by atoms with Crippen molar-refractivity contribution >= 4 is 84.8 Å². The third-order valence-electron chi connectivity index (χ3n) is 10.9. The predicted octanol–water partition coefficient (Wildman–Crippen LogP) is 8.02. The lowest BCUT2D eigenvalue weighted by Gasteiger charge is -2.43. The number of halogens is 4. The van der Waals surface area contributed by atoms with E-state index in [0.29, 0.717) is 58.6 Å². The van der Waals surface area contributed by atoms with Crippen LogP contribution in [-0.4, -0.2) is 82.4 Å². The molecule has 0 saturated heterocycles. The summed E-state index contributed by atoms with van der Waals surface area (Å²) < 4.78 is 43.9. The van der Waals surface area contributed by atoms with Crippen molar-refractivity contribution in [1.82, 2.24) is 14.2 Å².